The van der Waals surface area contributed by atoms with Gasteiger partial charge in [-0.1, -0.05) is 84.0 Å². The highest BCUT2D eigenvalue weighted by atomic mass is 35.7. The molecule has 2 atom stereocenters. The molecule has 2 aromatic rings. The summed E-state index contributed by atoms with van der Waals surface area (Å²) in [5.41, 5.74) is 4.93. The molecule has 2 unspecified atom stereocenters. The van der Waals surface area contributed by atoms with Gasteiger partial charge in [0.05, 0.1) is 5.66 Å². The Balaban J connectivity index is 2.74. The van der Waals surface area contributed by atoms with E-state index in [-0.39, 0.29) is 11.8 Å². The average molecular weight is 407 g/mol. The van der Waals surface area contributed by atoms with E-state index >= 15 is 0 Å². The van der Waals surface area contributed by atoms with Gasteiger partial charge in [-0.25, -0.2) is 0 Å². The molecule has 0 bridgehead atoms. The van der Waals surface area contributed by atoms with Crippen molar-refractivity contribution in [3.63, 3.8) is 0 Å². The second-order valence-electron chi connectivity index (χ2n) is 8.33. The van der Waals surface area contributed by atoms with Crippen LogP contribution in [0.4, 0.5) is 0 Å². The monoisotopic (exact) mass is 406 g/mol. The maximum absolute atomic E-state index is 12.8. The van der Waals surface area contributed by atoms with Crippen LogP contribution in [-0.2, 0) is 11.0 Å². The molecular formula is C23H32ClO2P. The molecule has 0 aliphatic carbocycles. The Morgan fingerprint density at radius 1 is 0.889 bits per heavy atom. The molecule has 2 rings (SSSR count). The second kappa shape index (κ2) is 8.95. The third-order valence-corrected chi connectivity index (χ3v) is 7.08. The van der Waals surface area contributed by atoms with Gasteiger partial charge in [0.2, 0.25) is 0 Å². The van der Waals surface area contributed by atoms with Crippen LogP contribution in [-0.4, -0.2) is 4.89 Å². The third kappa shape index (κ3) is 5.47. The van der Waals surface area contributed by atoms with Crippen molar-refractivity contribution in [3.8, 4) is 0 Å². The lowest BCUT2D eigenvalue weighted by Crippen LogP contribution is -2.12. The van der Waals surface area contributed by atoms with E-state index in [9.17, 15) is 9.46 Å². The minimum atomic E-state index is -3.86. The van der Waals surface area contributed by atoms with Gasteiger partial charge in [0, 0.05) is 0 Å². The number of hydrogen-bond donors (Lipinski definition) is 1. The van der Waals surface area contributed by atoms with Crippen molar-refractivity contribution in [1.82, 2.24) is 0 Å². The summed E-state index contributed by atoms with van der Waals surface area (Å²) in [7, 11) is 0. The van der Waals surface area contributed by atoms with Crippen LogP contribution in [0.3, 0.4) is 0 Å². The molecule has 0 amide bonds. The summed E-state index contributed by atoms with van der Waals surface area (Å²) in [6.07, 6.45) is 0.457. The lowest BCUT2D eigenvalue weighted by atomic mass is 9.82. The van der Waals surface area contributed by atoms with E-state index in [0.717, 1.165) is 22.3 Å². The summed E-state index contributed by atoms with van der Waals surface area (Å²) < 4.78 is 12.8. The molecule has 0 aliphatic rings. The van der Waals surface area contributed by atoms with Crippen molar-refractivity contribution < 1.29 is 9.46 Å². The molecule has 2 aromatic carbocycles. The fourth-order valence-electron chi connectivity index (χ4n) is 3.61. The molecule has 2 nitrogen and oxygen atoms in total. The van der Waals surface area contributed by atoms with Crippen molar-refractivity contribution in [2.75, 3.05) is 0 Å². The first-order valence-corrected chi connectivity index (χ1v) is 12.4. The third-order valence-electron chi connectivity index (χ3n) is 5.17. The van der Waals surface area contributed by atoms with Gasteiger partial charge in [0.15, 0.2) is 0 Å². The van der Waals surface area contributed by atoms with Crippen LogP contribution in [0.2, 0.25) is 0 Å². The first kappa shape index (κ1) is 22.2. The summed E-state index contributed by atoms with van der Waals surface area (Å²) in [5, 5.41) is 0. The van der Waals surface area contributed by atoms with Gasteiger partial charge in [0.1, 0.15) is 0 Å². The van der Waals surface area contributed by atoms with Crippen molar-refractivity contribution in [3.05, 3.63) is 70.3 Å². The molecule has 27 heavy (non-hydrogen) atoms. The van der Waals surface area contributed by atoms with E-state index in [4.69, 9.17) is 11.2 Å². The Labute approximate surface area is 169 Å². The first-order chi connectivity index (χ1) is 12.5. The highest BCUT2D eigenvalue weighted by Crippen LogP contribution is 2.63. The van der Waals surface area contributed by atoms with Gasteiger partial charge in [-0.05, 0) is 63.2 Å². The minimum Gasteiger partial charge on any atom is -0.333 e. The molecular weight excluding hydrogens is 375 g/mol. The van der Waals surface area contributed by atoms with Crippen LogP contribution in [0.15, 0.2) is 42.5 Å². The maximum Gasteiger partial charge on any atom is 0.295 e. The maximum atomic E-state index is 12.8. The number of rotatable bonds is 7. The topological polar surface area (TPSA) is 37.3 Å². The van der Waals surface area contributed by atoms with Crippen LogP contribution in [0.1, 0.15) is 92.8 Å². The Kier molecular flexibility index (Phi) is 7.36. The zero-order valence-electron chi connectivity index (χ0n) is 17.2. The molecule has 0 fully saturated rings. The largest absolute Gasteiger partial charge is 0.333 e. The summed E-state index contributed by atoms with van der Waals surface area (Å²) in [6, 6.07) is 14.3. The van der Waals surface area contributed by atoms with Crippen molar-refractivity contribution in [2.45, 2.75) is 71.4 Å². The van der Waals surface area contributed by atoms with E-state index in [1.165, 1.54) is 5.56 Å². The number of hydrogen-bond acceptors (Lipinski definition) is 1. The predicted molar refractivity (Wildman–Crippen MR) is 117 cm³/mol. The number of halogens is 1. The minimum absolute atomic E-state index is 0.248. The molecule has 0 aromatic heterocycles. The smallest absolute Gasteiger partial charge is 0.295 e. The van der Waals surface area contributed by atoms with Crippen LogP contribution in [0.25, 0.3) is 0 Å². The summed E-state index contributed by atoms with van der Waals surface area (Å²) in [5.74, 6) is 0.897. The summed E-state index contributed by atoms with van der Waals surface area (Å²) in [6.45, 7) is 9.07. The molecule has 0 heterocycles. The van der Waals surface area contributed by atoms with E-state index in [0.29, 0.717) is 12.3 Å². The summed E-state index contributed by atoms with van der Waals surface area (Å²) in [4.78, 5) is 10.5. The van der Waals surface area contributed by atoms with Crippen molar-refractivity contribution in [1.29, 1.82) is 0 Å². The average Bonchev–Trinajstić information content (AvgIpc) is 2.58. The highest BCUT2D eigenvalue weighted by molar-refractivity contribution is 7.84. The molecule has 4 heteroatoms. The van der Waals surface area contributed by atoms with Crippen molar-refractivity contribution >= 4 is 18.0 Å². The van der Waals surface area contributed by atoms with Crippen molar-refractivity contribution in [2.24, 2.45) is 0 Å². The Morgan fingerprint density at radius 3 is 1.74 bits per heavy atom. The van der Waals surface area contributed by atoms with E-state index < -0.39 is 12.4 Å². The molecule has 1 N–H and O–H groups in total. The van der Waals surface area contributed by atoms with E-state index in [2.05, 4.69) is 53.7 Å². The predicted octanol–water partition coefficient (Wildman–Crippen LogP) is 7.76. The standard InChI is InChI=1S/C23H32ClO2P/c1-15(2)19-13-20(16(3)4)23(21(14-19)17(5)6)22(27(24,25)26)12-18-10-8-7-9-11-18/h7-11,13-17,22H,12H2,1-6H3,(H,25,26). The van der Waals surface area contributed by atoms with Gasteiger partial charge in [-0.3, -0.25) is 4.57 Å². The quantitative estimate of drug-likeness (QED) is 0.477. The lowest BCUT2D eigenvalue weighted by Gasteiger charge is -2.29. The molecule has 0 saturated carbocycles. The SMILES string of the molecule is CC(C)c1cc(C(C)C)c(C(Cc2ccccc2)P(=O)(O)Cl)c(C(C)C)c1. The van der Waals surface area contributed by atoms with Crippen LogP contribution < -0.4 is 0 Å². The zero-order valence-corrected chi connectivity index (χ0v) is 18.9. The Hall–Kier alpha value is -1.08. The molecule has 0 spiro atoms. The molecule has 148 valence electrons. The Morgan fingerprint density at radius 2 is 1.37 bits per heavy atom. The molecule has 0 aliphatic heterocycles. The Bertz CT molecular complexity index is 777. The van der Waals surface area contributed by atoms with Gasteiger partial charge in [-0.15, -0.1) is 0 Å². The number of benzene rings is 2. The van der Waals surface area contributed by atoms with E-state index in [1.54, 1.807) is 0 Å². The lowest BCUT2D eigenvalue weighted by molar-refractivity contribution is 0.480. The van der Waals surface area contributed by atoms with Crippen LogP contribution in [0, 0.1) is 0 Å². The fourth-order valence-corrected chi connectivity index (χ4v) is 5.16. The molecule has 0 saturated heterocycles. The normalized spacial score (nSPS) is 15.4. The van der Waals surface area contributed by atoms with Crippen LogP contribution in [0.5, 0.6) is 0 Å². The molecule has 0 radical (unpaired) electrons. The summed E-state index contributed by atoms with van der Waals surface area (Å²) >= 11 is 6.15. The van der Waals surface area contributed by atoms with Gasteiger partial charge < -0.3 is 4.89 Å². The van der Waals surface area contributed by atoms with Crippen LogP contribution >= 0.6 is 18.0 Å². The zero-order chi connectivity index (χ0) is 20.4. The highest BCUT2D eigenvalue weighted by Gasteiger charge is 2.35. The van der Waals surface area contributed by atoms with Gasteiger partial charge in [0.25, 0.3) is 6.72 Å². The fraction of sp³-hybridized carbons (Fsp3) is 0.478. The van der Waals surface area contributed by atoms with Gasteiger partial charge in [-0.2, -0.15) is 0 Å². The van der Waals surface area contributed by atoms with E-state index in [1.807, 2.05) is 30.3 Å². The van der Waals surface area contributed by atoms with Gasteiger partial charge >= 0.3 is 0 Å². The first-order valence-electron chi connectivity index (χ1n) is 9.76. The second-order valence-corrected chi connectivity index (χ2v) is 11.5.